The molecule has 31 heavy (non-hydrogen) atoms. The first-order valence-corrected chi connectivity index (χ1v) is 11.0. The Bertz CT molecular complexity index is 1230. The molecule has 4 rings (SSSR count). The van der Waals surface area contributed by atoms with Gasteiger partial charge in [0.15, 0.2) is 6.73 Å². The molecule has 5 nitrogen and oxygen atoms in total. The number of hydrogen-bond donors (Lipinski definition) is 2. The van der Waals surface area contributed by atoms with Crippen molar-refractivity contribution in [2.75, 3.05) is 12.0 Å². The van der Waals surface area contributed by atoms with E-state index in [4.69, 9.17) is 21.3 Å². The molecule has 0 radical (unpaired) electrons. The number of anilines is 1. The highest BCUT2D eigenvalue weighted by Crippen LogP contribution is 2.31. The van der Waals surface area contributed by atoms with Gasteiger partial charge in [-0.2, -0.15) is 0 Å². The lowest BCUT2D eigenvalue weighted by Crippen LogP contribution is -2.32. The van der Waals surface area contributed by atoms with Crippen LogP contribution in [0.25, 0.3) is 20.8 Å². The van der Waals surface area contributed by atoms with E-state index in [0.29, 0.717) is 11.4 Å². The molecule has 1 aromatic heterocycles. The van der Waals surface area contributed by atoms with Crippen molar-refractivity contribution in [3.8, 4) is 16.3 Å². The highest BCUT2D eigenvalue weighted by atomic mass is 35.5. The van der Waals surface area contributed by atoms with E-state index in [-0.39, 0.29) is 12.8 Å². The van der Waals surface area contributed by atoms with Crippen molar-refractivity contribution in [3.63, 3.8) is 0 Å². The fourth-order valence-electron chi connectivity index (χ4n) is 3.20. The summed E-state index contributed by atoms with van der Waals surface area (Å²) < 4.78 is 6.78. The van der Waals surface area contributed by atoms with E-state index in [2.05, 4.69) is 29.7 Å². The number of carbonyl (C=O) groups excluding carboxylic acids is 1. The normalized spacial score (nSPS) is 10.8. The Morgan fingerprint density at radius 1 is 1.03 bits per heavy atom. The summed E-state index contributed by atoms with van der Waals surface area (Å²) in [6.07, 6.45) is 0. The Morgan fingerprint density at radius 2 is 1.74 bits per heavy atom. The average Bonchev–Trinajstić information content (AvgIpc) is 3.15. The maximum absolute atomic E-state index is 12.2. The minimum absolute atomic E-state index is 0.0511. The van der Waals surface area contributed by atoms with Crippen LogP contribution in [-0.4, -0.2) is 17.7 Å². The number of halogens is 1. The number of thiazole rings is 1. The van der Waals surface area contributed by atoms with Crippen molar-refractivity contribution in [2.24, 2.45) is 0 Å². The second-order valence-corrected chi connectivity index (χ2v) is 8.77. The van der Waals surface area contributed by atoms with Crippen molar-refractivity contribution in [1.29, 1.82) is 0 Å². The Hall–Kier alpha value is -3.09. The van der Waals surface area contributed by atoms with E-state index >= 15 is 0 Å². The number of fused-ring (bicyclic) bond motifs is 1. The Morgan fingerprint density at radius 3 is 2.45 bits per heavy atom. The standard InChI is InChI=1S/C24H22ClN3O2S/c1-14-4-9-20-21(10-14)31-23(28-20)17-5-7-18(8-6-17)27-24(29)26-13-30-19-11-15(2)22(25)16(3)12-19/h4-12H,13H2,1-3H3,(H2,26,27,29). The van der Waals surface area contributed by atoms with Crippen LogP contribution in [0, 0.1) is 20.8 Å². The number of aromatic nitrogens is 1. The maximum atomic E-state index is 12.2. The van der Waals surface area contributed by atoms with E-state index in [1.807, 2.05) is 56.3 Å². The fourth-order valence-corrected chi connectivity index (χ4v) is 4.38. The van der Waals surface area contributed by atoms with Crippen LogP contribution in [0.4, 0.5) is 10.5 Å². The van der Waals surface area contributed by atoms with Gasteiger partial charge in [0.2, 0.25) is 0 Å². The van der Waals surface area contributed by atoms with Gasteiger partial charge in [0.1, 0.15) is 10.8 Å². The van der Waals surface area contributed by atoms with Crippen molar-refractivity contribution in [3.05, 3.63) is 76.3 Å². The number of carbonyl (C=O) groups is 1. The first-order valence-electron chi connectivity index (χ1n) is 9.81. The molecule has 0 saturated carbocycles. The number of aryl methyl sites for hydroxylation is 3. The first kappa shape index (κ1) is 21.2. The predicted octanol–water partition coefficient (Wildman–Crippen LogP) is 6.70. The number of amides is 2. The summed E-state index contributed by atoms with van der Waals surface area (Å²) >= 11 is 7.82. The van der Waals surface area contributed by atoms with Gasteiger partial charge in [-0.3, -0.25) is 0 Å². The third-order valence-corrected chi connectivity index (χ3v) is 6.48. The number of rotatable bonds is 5. The third-order valence-electron chi connectivity index (χ3n) is 4.82. The van der Waals surface area contributed by atoms with Crippen LogP contribution in [0.1, 0.15) is 16.7 Å². The minimum Gasteiger partial charge on any atom is -0.473 e. The summed E-state index contributed by atoms with van der Waals surface area (Å²) in [6, 6.07) is 17.2. The molecule has 0 saturated heterocycles. The van der Waals surface area contributed by atoms with E-state index in [1.54, 1.807) is 11.3 Å². The van der Waals surface area contributed by atoms with E-state index in [1.165, 1.54) is 10.3 Å². The van der Waals surface area contributed by atoms with Gasteiger partial charge in [0, 0.05) is 16.3 Å². The zero-order valence-corrected chi connectivity index (χ0v) is 19.0. The fraction of sp³-hybridized carbons (Fsp3) is 0.167. The van der Waals surface area contributed by atoms with Gasteiger partial charge in [-0.05, 0) is 86.0 Å². The lowest BCUT2D eigenvalue weighted by atomic mass is 10.1. The number of nitrogens with zero attached hydrogens (tertiary/aromatic N) is 1. The van der Waals surface area contributed by atoms with E-state index in [0.717, 1.165) is 32.2 Å². The second kappa shape index (κ2) is 8.96. The van der Waals surface area contributed by atoms with Gasteiger partial charge in [0.05, 0.1) is 10.2 Å². The van der Waals surface area contributed by atoms with Crippen LogP contribution in [-0.2, 0) is 0 Å². The predicted molar refractivity (Wildman–Crippen MR) is 128 cm³/mol. The van der Waals surface area contributed by atoms with Gasteiger partial charge in [-0.1, -0.05) is 17.7 Å². The van der Waals surface area contributed by atoms with Crippen LogP contribution < -0.4 is 15.4 Å². The Kier molecular flexibility index (Phi) is 6.11. The van der Waals surface area contributed by atoms with E-state index in [9.17, 15) is 4.79 Å². The number of ether oxygens (including phenoxy) is 1. The van der Waals surface area contributed by atoms with Crippen molar-refractivity contribution in [2.45, 2.75) is 20.8 Å². The molecule has 2 amide bonds. The van der Waals surface area contributed by atoms with E-state index < -0.39 is 0 Å². The molecule has 0 aliphatic heterocycles. The largest absolute Gasteiger partial charge is 0.473 e. The molecule has 1 heterocycles. The molecule has 0 bridgehead atoms. The molecule has 0 fully saturated rings. The first-order chi connectivity index (χ1) is 14.9. The number of hydrogen-bond acceptors (Lipinski definition) is 4. The van der Waals surface area contributed by atoms with Gasteiger partial charge >= 0.3 is 6.03 Å². The molecular formula is C24H22ClN3O2S. The molecular weight excluding hydrogens is 430 g/mol. The third kappa shape index (κ3) is 4.98. The summed E-state index contributed by atoms with van der Waals surface area (Å²) in [5.74, 6) is 0.662. The van der Waals surface area contributed by atoms with Gasteiger partial charge < -0.3 is 15.4 Å². The molecule has 0 spiro atoms. The molecule has 0 aliphatic rings. The van der Waals surface area contributed by atoms with Crippen LogP contribution in [0.2, 0.25) is 5.02 Å². The molecule has 0 atom stereocenters. The monoisotopic (exact) mass is 451 g/mol. The summed E-state index contributed by atoms with van der Waals surface area (Å²) in [5, 5.41) is 7.17. The van der Waals surface area contributed by atoms with Crippen LogP contribution in [0.5, 0.6) is 5.75 Å². The zero-order chi connectivity index (χ0) is 22.0. The highest BCUT2D eigenvalue weighted by Gasteiger charge is 2.08. The number of urea groups is 1. The molecule has 0 aliphatic carbocycles. The topological polar surface area (TPSA) is 63.2 Å². The Balaban J connectivity index is 1.33. The zero-order valence-electron chi connectivity index (χ0n) is 17.5. The molecule has 7 heteroatoms. The number of nitrogens with one attached hydrogen (secondary N) is 2. The molecule has 4 aromatic rings. The molecule has 0 unspecified atom stereocenters. The van der Waals surface area contributed by atoms with Gasteiger partial charge in [0.25, 0.3) is 0 Å². The summed E-state index contributed by atoms with van der Waals surface area (Å²) in [7, 11) is 0. The van der Waals surface area contributed by atoms with Crippen molar-refractivity contribution in [1.82, 2.24) is 10.3 Å². The molecule has 3 aromatic carbocycles. The smallest absolute Gasteiger partial charge is 0.321 e. The quantitative estimate of drug-likeness (QED) is 0.332. The van der Waals surface area contributed by atoms with Crippen LogP contribution in [0.15, 0.2) is 54.6 Å². The van der Waals surface area contributed by atoms with Gasteiger partial charge in [-0.15, -0.1) is 11.3 Å². The highest BCUT2D eigenvalue weighted by molar-refractivity contribution is 7.21. The maximum Gasteiger partial charge on any atom is 0.321 e. The van der Waals surface area contributed by atoms with Crippen molar-refractivity contribution < 1.29 is 9.53 Å². The molecule has 158 valence electrons. The molecule has 2 N–H and O–H groups in total. The number of benzene rings is 3. The van der Waals surface area contributed by atoms with Crippen LogP contribution >= 0.6 is 22.9 Å². The summed E-state index contributed by atoms with van der Waals surface area (Å²) in [6.45, 7) is 5.96. The summed E-state index contributed by atoms with van der Waals surface area (Å²) in [5.41, 5.74) is 5.80. The minimum atomic E-state index is -0.342. The summed E-state index contributed by atoms with van der Waals surface area (Å²) in [4.78, 5) is 16.9. The van der Waals surface area contributed by atoms with Crippen molar-refractivity contribution >= 4 is 44.9 Å². The SMILES string of the molecule is Cc1ccc2nc(-c3ccc(NC(=O)NCOc4cc(C)c(Cl)c(C)c4)cc3)sc2c1. The van der Waals surface area contributed by atoms with Gasteiger partial charge in [-0.25, -0.2) is 9.78 Å². The average molecular weight is 452 g/mol. The Labute approximate surface area is 190 Å². The lowest BCUT2D eigenvalue weighted by molar-refractivity contribution is 0.234. The lowest BCUT2D eigenvalue weighted by Gasteiger charge is -2.11. The van der Waals surface area contributed by atoms with Crippen LogP contribution in [0.3, 0.4) is 0 Å². The second-order valence-electron chi connectivity index (χ2n) is 7.36.